The van der Waals surface area contributed by atoms with Crippen molar-refractivity contribution in [1.82, 2.24) is 10.6 Å². The van der Waals surface area contributed by atoms with Crippen LogP contribution >= 0.6 is 35.3 Å². The molecule has 0 amide bonds. The van der Waals surface area contributed by atoms with Crippen molar-refractivity contribution in [2.45, 2.75) is 38.8 Å². The fourth-order valence-corrected chi connectivity index (χ4v) is 4.00. The maximum Gasteiger partial charge on any atom is 0.191 e. The normalized spacial score (nSPS) is 16.2. The predicted molar refractivity (Wildman–Crippen MR) is 131 cm³/mol. The van der Waals surface area contributed by atoms with Gasteiger partial charge < -0.3 is 20.3 Å². The van der Waals surface area contributed by atoms with Crippen LogP contribution in [-0.2, 0) is 0 Å². The Balaban J connectivity index is 0.00000280. The average Bonchev–Trinajstić information content (AvgIpc) is 3.22. The number of guanidine groups is 1. The first-order valence-corrected chi connectivity index (χ1v) is 10.5. The Labute approximate surface area is 189 Å². The van der Waals surface area contributed by atoms with Crippen LogP contribution in [-0.4, -0.2) is 44.8 Å². The topological polar surface area (TPSA) is 48.9 Å². The molecule has 1 atom stereocenters. The first-order chi connectivity index (χ1) is 13.1. The van der Waals surface area contributed by atoms with E-state index >= 15 is 0 Å². The van der Waals surface area contributed by atoms with Gasteiger partial charge in [-0.3, -0.25) is 4.99 Å². The molecule has 0 radical (unpaired) electrons. The van der Waals surface area contributed by atoms with Gasteiger partial charge in [0.2, 0.25) is 0 Å². The molecule has 0 saturated carbocycles. The van der Waals surface area contributed by atoms with Crippen LogP contribution in [0, 0.1) is 6.92 Å². The van der Waals surface area contributed by atoms with Gasteiger partial charge in [-0.15, -0.1) is 35.3 Å². The summed E-state index contributed by atoms with van der Waals surface area (Å²) >= 11 is 1.82. The number of halogens is 1. The first kappa shape index (κ1) is 22.8. The summed E-state index contributed by atoms with van der Waals surface area (Å²) in [5.74, 6) is 1.75. The molecule has 2 aromatic rings. The van der Waals surface area contributed by atoms with Crippen molar-refractivity contribution >= 4 is 46.3 Å². The Morgan fingerprint density at radius 2 is 1.96 bits per heavy atom. The van der Waals surface area contributed by atoms with Crippen molar-refractivity contribution in [2.75, 3.05) is 31.6 Å². The number of nitrogens with one attached hydrogen (secondary N) is 2. The van der Waals surface area contributed by atoms with Gasteiger partial charge in [0.05, 0.1) is 11.5 Å². The van der Waals surface area contributed by atoms with Crippen molar-refractivity contribution in [2.24, 2.45) is 4.99 Å². The molecule has 1 aromatic heterocycles. The maximum atomic E-state index is 5.96. The predicted octanol–water partition coefficient (Wildman–Crippen LogP) is 4.28. The number of ether oxygens (including phenoxy) is 1. The van der Waals surface area contributed by atoms with Gasteiger partial charge in [-0.1, -0.05) is 17.7 Å². The summed E-state index contributed by atoms with van der Waals surface area (Å²) in [7, 11) is 1.82. The van der Waals surface area contributed by atoms with Crippen molar-refractivity contribution in [1.29, 1.82) is 0 Å². The van der Waals surface area contributed by atoms with Crippen LogP contribution in [0.3, 0.4) is 0 Å². The van der Waals surface area contributed by atoms with Crippen LogP contribution in [0.4, 0.5) is 5.00 Å². The molecule has 0 aliphatic carbocycles. The van der Waals surface area contributed by atoms with Crippen molar-refractivity contribution < 1.29 is 4.74 Å². The molecule has 3 rings (SSSR count). The van der Waals surface area contributed by atoms with Crippen LogP contribution in [0.5, 0.6) is 5.75 Å². The molecule has 2 N–H and O–H groups in total. The third-order valence-corrected chi connectivity index (χ3v) is 5.72. The fourth-order valence-electron chi connectivity index (χ4n) is 3.21. The average molecular weight is 514 g/mol. The van der Waals surface area contributed by atoms with Gasteiger partial charge >= 0.3 is 0 Å². The summed E-state index contributed by atoms with van der Waals surface area (Å²) in [6, 6.07) is 12.9. The number of hydrogen-bond acceptors (Lipinski definition) is 4. The molecule has 28 heavy (non-hydrogen) atoms. The molecule has 1 unspecified atom stereocenters. The standard InChI is InChI=1S/C21H30N4OS.HI/c1-16-6-8-19(9-7-16)26-17(2)15-23-21(22-3)24-18-10-12-25(13-11-18)20-5-4-14-27-20;/h4-9,14,17-18H,10-13,15H2,1-3H3,(H2,22,23,24);1H. The number of rotatable bonds is 6. The van der Waals surface area contributed by atoms with E-state index in [1.54, 1.807) is 0 Å². The Morgan fingerprint density at radius 3 is 2.57 bits per heavy atom. The molecule has 1 aliphatic heterocycles. The zero-order chi connectivity index (χ0) is 19.1. The molecule has 5 nitrogen and oxygen atoms in total. The second kappa shape index (κ2) is 11.5. The van der Waals surface area contributed by atoms with Gasteiger partial charge in [0.1, 0.15) is 11.9 Å². The monoisotopic (exact) mass is 514 g/mol. The zero-order valence-corrected chi connectivity index (χ0v) is 20.0. The number of piperidine rings is 1. The summed E-state index contributed by atoms with van der Waals surface area (Å²) in [5.41, 5.74) is 1.24. The minimum absolute atomic E-state index is 0. The molecular weight excluding hydrogens is 483 g/mol. The highest BCUT2D eigenvalue weighted by Crippen LogP contribution is 2.24. The molecule has 154 valence electrons. The fraction of sp³-hybridized carbons (Fsp3) is 0.476. The summed E-state index contributed by atoms with van der Waals surface area (Å²) in [6.45, 7) is 7.03. The van der Waals surface area contributed by atoms with Crippen LogP contribution in [0.15, 0.2) is 46.8 Å². The van der Waals surface area contributed by atoms with E-state index in [1.165, 1.54) is 10.6 Å². The van der Waals surface area contributed by atoms with E-state index in [9.17, 15) is 0 Å². The second-order valence-electron chi connectivity index (χ2n) is 7.05. The SMILES string of the molecule is CN=C(NCC(C)Oc1ccc(C)cc1)NC1CCN(c2cccs2)CC1.I. The number of aryl methyl sites for hydroxylation is 1. The molecule has 0 bridgehead atoms. The zero-order valence-electron chi connectivity index (χ0n) is 16.9. The van der Waals surface area contributed by atoms with Crippen molar-refractivity contribution in [3.63, 3.8) is 0 Å². The maximum absolute atomic E-state index is 5.96. The van der Waals surface area contributed by atoms with E-state index in [4.69, 9.17) is 4.74 Å². The molecule has 1 fully saturated rings. The highest BCUT2D eigenvalue weighted by molar-refractivity contribution is 14.0. The first-order valence-electron chi connectivity index (χ1n) is 9.63. The molecule has 1 saturated heterocycles. The van der Waals surface area contributed by atoms with Crippen molar-refractivity contribution in [3.05, 3.63) is 47.3 Å². The smallest absolute Gasteiger partial charge is 0.191 e. The number of anilines is 1. The molecule has 1 aromatic carbocycles. The number of aliphatic imine (C=N–C) groups is 1. The lowest BCUT2D eigenvalue weighted by Crippen LogP contribution is -2.50. The van der Waals surface area contributed by atoms with Gasteiger partial charge in [0.25, 0.3) is 0 Å². The van der Waals surface area contributed by atoms with E-state index in [-0.39, 0.29) is 30.1 Å². The highest BCUT2D eigenvalue weighted by atomic mass is 127. The Hall–Kier alpha value is -1.48. The van der Waals surface area contributed by atoms with E-state index in [2.05, 4.69) is 64.0 Å². The van der Waals surface area contributed by atoms with Crippen LogP contribution in [0.2, 0.25) is 0 Å². The minimum atomic E-state index is 0. The minimum Gasteiger partial charge on any atom is -0.489 e. The number of benzene rings is 1. The summed E-state index contributed by atoms with van der Waals surface area (Å²) in [6.07, 6.45) is 2.30. The van der Waals surface area contributed by atoms with Crippen LogP contribution in [0.25, 0.3) is 0 Å². The number of nitrogens with zero attached hydrogens (tertiary/aromatic N) is 2. The summed E-state index contributed by atoms with van der Waals surface area (Å²) < 4.78 is 5.96. The summed E-state index contributed by atoms with van der Waals surface area (Å²) in [5, 5.41) is 10.5. The summed E-state index contributed by atoms with van der Waals surface area (Å²) in [4.78, 5) is 6.84. The molecule has 1 aliphatic rings. The van der Waals surface area contributed by atoms with E-state index in [0.717, 1.165) is 37.6 Å². The molecule has 2 heterocycles. The Kier molecular flexibility index (Phi) is 9.37. The van der Waals surface area contributed by atoms with E-state index in [0.29, 0.717) is 12.6 Å². The Bertz CT molecular complexity index is 713. The van der Waals surface area contributed by atoms with E-state index < -0.39 is 0 Å². The van der Waals surface area contributed by atoms with Crippen LogP contribution in [0.1, 0.15) is 25.3 Å². The second-order valence-corrected chi connectivity index (χ2v) is 7.98. The molecule has 0 spiro atoms. The largest absolute Gasteiger partial charge is 0.489 e. The third kappa shape index (κ3) is 6.84. The lowest BCUT2D eigenvalue weighted by atomic mass is 10.1. The number of thiophene rings is 1. The molecular formula is C21H31IN4OS. The third-order valence-electron chi connectivity index (χ3n) is 4.79. The quantitative estimate of drug-likeness (QED) is 0.344. The van der Waals surface area contributed by atoms with Gasteiger partial charge in [-0.2, -0.15) is 0 Å². The lowest BCUT2D eigenvalue weighted by Gasteiger charge is -2.33. The van der Waals surface area contributed by atoms with Gasteiger partial charge in [0.15, 0.2) is 5.96 Å². The van der Waals surface area contributed by atoms with Crippen molar-refractivity contribution in [3.8, 4) is 5.75 Å². The highest BCUT2D eigenvalue weighted by Gasteiger charge is 2.20. The van der Waals surface area contributed by atoms with Gasteiger partial charge in [0, 0.05) is 26.2 Å². The Morgan fingerprint density at radius 1 is 1.25 bits per heavy atom. The molecule has 7 heteroatoms. The van der Waals surface area contributed by atoms with E-state index in [1.807, 2.05) is 30.5 Å². The van der Waals surface area contributed by atoms with Gasteiger partial charge in [-0.25, -0.2) is 0 Å². The lowest BCUT2D eigenvalue weighted by molar-refractivity contribution is 0.223. The number of hydrogen-bond donors (Lipinski definition) is 2. The van der Waals surface area contributed by atoms with Crippen LogP contribution < -0.4 is 20.3 Å². The van der Waals surface area contributed by atoms with Gasteiger partial charge in [-0.05, 0) is 56.3 Å².